The van der Waals surface area contributed by atoms with Crippen LogP contribution in [0.5, 0.6) is 0 Å². The van der Waals surface area contributed by atoms with Crippen LogP contribution in [0.25, 0.3) is 0 Å². The summed E-state index contributed by atoms with van der Waals surface area (Å²) in [5.41, 5.74) is 0. The van der Waals surface area contributed by atoms with E-state index in [4.69, 9.17) is 28.4 Å². The summed E-state index contributed by atoms with van der Waals surface area (Å²) in [6.45, 7) is -0.228. The number of carbonyl (C=O) groups excluding carboxylic acids is 3. The number of ether oxygens (including phenoxy) is 6. The van der Waals surface area contributed by atoms with Gasteiger partial charge in [-0.25, -0.2) is 0 Å². The first kappa shape index (κ1) is 21.8. The summed E-state index contributed by atoms with van der Waals surface area (Å²) in [5.74, 6) is -1.54. The molecule has 0 bridgehead atoms. The lowest BCUT2D eigenvalue weighted by Crippen LogP contribution is -2.36. The maximum absolute atomic E-state index is 12.8. The molecule has 33 heavy (non-hydrogen) atoms. The SMILES string of the molecule is O=C(OCC(COC(=O)C1CCC2OC2C1)OC(=O)C1CCC2OC2C1)C1CCC2OC2C1. The van der Waals surface area contributed by atoms with Crippen LogP contribution in [0.1, 0.15) is 57.8 Å². The van der Waals surface area contributed by atoms with Crippen molar-refractivity contribution >= 4 is 17.9 Å². The fourth-order valence-electron chi connectivity index (χ4n) is 5.82. The van der Waals surface area contributed by atoms with Crippen molar-refractivity contribution in [3.05, 3.63) is 0 Å². The average Bonchev–Trinajstić information content (AvgIpc) is 3.71. The normalized spacial score (nSPS) is 43.1. The van der Waals surface area contributed by atoms with Gasteiger partial charge in [0.25, 0.3) is 0 Å². The van der Waals surface area contributed by atoms with Gasteiger partial charge in [-0.15, -0.1) is 0 Å². The first-order valence-electron chi connectivity index (χ1n) is 12.5. The highest BCUT2D eigenvalue weighted by Crippen LogP contribution is 2.41. The molecular weight excluding hydrogens is 432 g/mol. The van der Waals surface area contributed by atoms with Gasteiger partial charge in [0.05, 0.1) is 54.4 Å². The summed E-state index contributed by atoms with van der Waals surface area (Å²) in [6, 6.07) is 0. The van der Waals surface area contributed by atoms with E-state index in [-0.39, 0.29) is 67.2 Å². The third kappa shape index (κ3) is 5.05. The van der Waals surface area contributed by atoms with Crippen molar-refractivity contribution in [2.75, 3.05) is 13.2 Å². The smallest absolute Gasteiger partial charge is 0.309 e. The van der Waals surface area contributed by atoms with Gasteiger partial charge in [-0.2, -0.15) is 0 Å². The van der Waals surface area contributed by atoms with E-state index in [9.17, 15) is 14.4 Å². The van der Waals surface area contributed by atoms with Crippen molar-refractivity contribution in [1.29, 1.82) is 0 Å². The van der Waals surface area contributed by atoms with Crippen LogP contribution in [0.2, 0.25) is 0 Å². The molecule has 3 aliphatic heterocycles. The second-order valence-corrected chi connectivity index (χ2v) is 10.5. The molecule has 9 unspecified atom stereocenters. The Labute approximate surface area is 192 Å². The van der Waals surface area contributed by atoms with Gasteiger partial charge in [-0.1, -0.05) is 0 Å². The standard InChI is InChI=1S/C24H32O9/c25-22(12-1-4-16-19(7-12)31-16)28-10-15(30-24(27)14-3-6-18-21(9-14)33-18)11-29-23(26)13-2-5-17-20(8-13)32-17/h12-21H,1-11H2. The van der Waals surface area contributed by atoms with Crippen LogP contribution in [0.15, 0.2) is 0 Å². The molecule has 3 aliphatic carbocycles. The van der Waals surface area contributed by atoms with Gasteiger partial charge in [0.2, 0.25) is 0 Å². The molecule has 6 aliphatic rings. The molecule has 0 spiro atoms. The van der Waals surface area contributed by atoms with Crippen LogP contribution in [0.4, 0.5) is 0 Å². The van der Waals surface area contributed by atoms with Gasteiger partial charge in [0, 0.05) is 0 Å². The molecular formula is C24H32O9. The number of rotatable bonds is 8. The Morgan fingerprint density at radius 2 is 0.970 bits per heavy atom. The second-order valence-electron chi connectivity index (χ2n) is 10.5. The highest BCUT2D eigenvalue weighted by Gasteiger charge is 2.48. The summed E-state index contributed by atoms with van der Waals surface area (Å²) >= 11 is 0. The van der Waals surface area contributed by atoms with Gasteiger partial charge >= 0.3 is 17.9 Å². The van der Waals surface area contributed by atoms with Gasteiger partial charge < -0.3 is 28.4 Å². The fraction of sp³-hybridized carbons (Fsp3) is 0.875. The lowest BCUT2D eigenvalue weighted by atomic mass is 9.89. The minimum Gasteiger partial charge on any atom is -0.461 e. The Morgan fingerprint density at radius 3 is 1.36 bits per heavy atom. The Hall–Kier alpha value is -1.71. The molecule has 182 valence electrons. The van der Waals surface area contributed by atoms with Crippen molar-refractivity contribution in [3.63, 3.8) is 0 Å². The summed E-state index contributed by atoms with van der Waals surface area (Å²) < 4.78 is 33.2. The molecule has 0 radical (unpaired) electrons. The Kier molecular flexibility index (Phi) is 5.82. The first-order valence-corrected chi connectivity index (χ1v) is 12.5. The van der Waals surface area contributed by atoms with Crippen molar-refractivity contribution in [2.24, 2.45) is 17.8 Å². The van der Waals surface area contributed by atoms with E-state index in [1.165, 1.54) is 0 Å². The van der Waals surface area contributed by atoms with E-state index in [0.29, 0.717) is 37.6 Å². The summed E-state index contributed by atoms with van der Waals surface area (Å²) in [7, 11) is 0. The average molecular weight is 465 g/mol. The molecule has 0 aromatic heterocycles. The van der Waals surface area contributed by atoms with Crippen molar-refractivity contribution in [2.45, 2.75) is 101 Å². The van der Waals surface area contributed by atoms with Crippen LogP contribution in [-0.4, -0.2) is 73.8 Å². The number of fused-ring (bicyclic) bond motifs is 3. The molecule has 3 saturated heterocycles. The minimum absolute atomic E-state index is 0.114. The van der Waals surface area contributed by atoms with Crippen LogP contribution < -0.4 is 0 Å². The number of hydrogen-bond acceptors (Lipinski definition) is 9. The van der Waals surface area contributed by atoms with E-state index in [2.05, 4.69) is 0 Å². The van der Waals surface area contributed by atoms with E-state index >= 15 is 0 Å². The Balaban J connectivity index is 1.02. The van der Waals surface area contributed by atoms with Crippen LogP contribution in [0, 0.1) is 17.8 Å². The lowest BCUT2D eigenvalue weighted by Gasteiger charge is -2.25. The zero-order valence-electron chi connectivity index (χ0n) is 18.7. The van der Waals surface area contributed by atoms with Gasteiger partial charge in [0.15, 0.2) is 6.10 Å². The lowest BCUT2D eigenvalue weighted by molar-refractivity contribution is -0.173. The van der Waals surface area contributed by atoms with Crippen molar-refractivity contribution in [3.8, 4) is 0 Å². The van der Waals surface area contributed by atoms with Gasteiger partial charge in [0.1, 0.15) is 13.2 Å². The molecule has 3 saturated carbocycles. The molecule has 0 aromatic carbocycles. The van der Waals surface area contributed by atoms with E-state index < -0.39 is 6.10 Å². The Bertz CT molecular complexity index is 755. The number of esters is 3. The molecule has 3 heterocycles. The molecule has 9 nitrogen and oxygen atoms in total. The monoisotopic (exact) mass is 464 g/mol. The minimum atomic E-state index is -0.815. The van der Waals surface area contributed by atoms with Crippen molar-refractivity contribution in [1.82, 2.24) is 0 Å². The number of carbonyl (C=O) groups is 3. The number of epoxide rings is 3. The summed E-state index contributed by atoms with van der Waals surface area (Å²) in [5, 5.41) is 0. The zero-order chi connectivity index (χ0) is 22.5. The quantitative estimate of drug-likeness (QED) is 0.300. The van der Waals surface area contributed by atoms with Crippen molar-refractivity contribution < 1.29 is 42.8 Å². The molecule has 6 rings (SSSR count). The second kappa shape index (κ2) is 8.82. The van der Waals surface area contributed by atoms with E-state index in [0.717, 1.165) is 38.5 Å². The van der Waals surface area contributed by atoms with Gasteiger partial charge in [-0.05, 0) is 57.8 Å². The molecule has 0 amide bonds. The largest absolute Gasteiger partial charge is 0.461 e. The molecule has 9 atom stereocenters. The first-order chi connectivity index (χ1) is 16.0. The fourth-order valence-corrected chi connectivity index (χ4v) is 5.82. The predicted molar refractivity (Wildman–Crippen MR) is 110 cm³/mol. The summed E-state index contributed by atoms with van der Waals surface area (Å²) in [4.78, 5) is 37.9. The van der Waals surface area contributed by atoms with Gasteiger partial charge in [-0.3, -0.25) is 14.4 Å². The third-order valence-electron chi connectivity index (χ3n) is 8.12. The topological polar surface area (TPSA) is 116 Å². The molecule has 0 aromatic rings. The van der Waals surface area contributed by atoms with E-state index in [1.807, 2.05) is 0 Å². The maximum atomic E-state index is 12.8. The van der Waals surface area contributed by atoms with Crippen LogP contribution >= 0.6 is 0 Å². The number of hydrogen-bond donors (Lipinski definition) is 0. The third-order valence-corrected chi connectivity index (χ3v) is 8.12. The molecule has 0 N–H and O–H groups in total. The maximum Gasteiger partial charge on any atom is 0.309 e. The van der Waals surface area contributed by atoms with Crippen LogP contribution in [-0.2, 0) is 42.8 Å². The summed E-state index contributed by atoms with van der Waals surface area (Å²) in [6.07, 6.45) is 7.45. The molecule has 6 fully saturated rings. The highest BCUT2D eigenvalue weighted by molar-refractivity contribution is 5.74. The Morgan fingerprint density at radius 1 is 0.576 bits per heavy atom. The highest BCUT2D eigenvalue weighted by atomic mass is 16.6. The molecule has 9 heteroatoms. The predicted octanol–water partition coefficient (Wildman–Crippen LogP) is 1.69. The zero-order valence-corrected chi connectivity index (χ0v) is 18.7. The van der Waals surface area contributed by atoms with Crippen LogP contribution in [0.3, 0.4) is 0 Å². The van der Waals surface area contributed by atoms with E-state index in [1.54, 1.807) is 0 Å².